The number of benzene rings is 1. The first-order valence-corrected chi connectivity index (χ1v) is 7.32. The second-order valence-electron chi connectivity index (χ2n) is 5.52. The van der Waals surface area contributed by atoms with E-state index >= 15 is 0 Å². The zero-order valence-electron chi connectivity index (χ0n) is 12.6. The van der Waals surface area contributed by atoms with Gasteiger partial charge in [-0.2, -0.15) is 0 Å². The molecule has 4 nitrogen and oxygen atoms in total. The first-order chi connectivity index (χ1) is 9.59. The Morgan fingerprint density at radius 1 is 1.45 bits per heavy atom. The number of amides is 1. The molecule has 0 radical (unpaired) electrons. The molecule has 1 amide bonds. The summed E-state index contributed by atoms with van der Waals surface area (Å²) >= 11 is 0. The van der Waals surface area contributed by atoms with Gasteiger partial charge < -0.3 is 15.0 Å². The number of nitrogens with zero attached hydrogens (tertiary/aromatic N) is 1. The zero-order chi connectivity index (χ0) is 14.5. The molecule has 1 aromatic carbocycles. The third-order valence-corrected chi connectivity index (χ3v) is 3.53. The summed E-state index contributed by atoms with van der Waals surface area (Å²) < 4.78 is 5.50. The molecule has 1 N–H and O–H groups in total. The second kappa shape index (κ2) is 6.75. The van der Waals surface area contributed by atoms with Crippen molar-refractivity contribution >= 4 is 11.6 Å². The van der Waals surface area contributed by atoms with Crippen molar-refractivity contribution in [3.63, 3.8) is 0 Å². The molecule has 1 aliphatic rings. The molecule has 0 fully saturated rings. The van der Waals surface area contributed by atoms with Crippen LogP contribution in [0.2, 0.25) is 0 Å². The summed E-state index contributed by atoms with van der Waals surface area (Å²) in [7, 11) is 1.83. The fourth-order valence-electron chi connectivity index (χ4n) is 2.42. The number of anilines is 1. The van der Waals surface area contributed by atoms with Crippen molar-refractivity contribution in [2.45, 2.75) is 32.8 Å². The fourth-order valence-corrected chi connectivity index (χ4v) is 2.42. The lowest BCUT2D eigenvalue weighted by Gasteiger charge is -2.24. The van der Waals surface area contributed by atoms with Crippen molar-refractivity contribution in [1.82, 2.24) is 4.90 Å². The van der Waals surface area contributed by atoms with E-state index in [1.807, 2.05) is 33.0 Å². The van der Waals surface area contributed by atoms with Gasteiger partial charge in [-0.05, 0) is 38.3 Å². The van der Waals surface area contributed by atoms with E-state index in [-0.39, 0.29) is 12.0 Å². The largest absolute Gasteiger partial charge is 0.384 e. The van der Waals surface area contributed by atoms with Crippen molar-refractivity contribution in [3.8, 4) is 0 Å². The second-order valence-corrected chi connectivity index (χ2v) is 5.52. The van der Waals surface area contributed by atoms with E-state index in [2.05, 4.69) is 11.4 Å². The number of para-hydroxylation sites is 1. The molecule has 110 valence electrons. The van der Waals surface area contributed by atoms with Gasteiger partial charge in [0.05, 0.1) is 24.0 Å². The molecule has 1 aromatic rings. The Morgan fingerprint density at radius 3 is 3.00 bits per heavy atom. The lowest BCUT2D eigenvalue weighted by atomic mass is 9.99. The topological polar surface area (TPSA) is 41.6 Å². The molecule has 0 bridgehead atoms. The predicted octanol–water partition coefficient (Wildman–Crippen LogP) is 2.54. The van der Waals surface area contributed by atoms with Gasteiger partial charge in [0.2, 0.25) is 0 Å². The summed E-state index contributed by atoms with van der Waals surface area (Å²) in [6.45, 7) is 6.12. The number of hydrogen-bond acceptors (Lipinski definition) is 3. The molecule has 0 atom stereocenters. The van der Waals surface area contributed by atoms with Crippen molar-refractivity contribution in [2.75, 3.05) is 32.1 Å². The molecule has 20 heavy (non-hydrogen) atoms. The first kappa shape index (κ1) is 14.9. The van der Waals surface area contributed by atoms with Crippen LogP contribution >= 0.6 is 0 Å². The molecule has 0 spiro atoms. The summed E-state index contributed by atoms with van der Waals surface area (Å²) in [5.74, 6) is 0.0589. The van der Waals surface area contributed by atoms with Crippen LogP contribution in [0.1, 0.15) is 36.2 Å². The highest BCUT2D eigenvalue weighted by Crippen LogP contribution is 2.26. The zero-order valence-corrected chi connectivity index (χ0v) is 12.6. The lowest BCUT2D eigenvalue weighted by Crippen LogP contribution is -2.32. The van der Waals surface area contributed by atoms with Crippen LogP contribution in [0.15, 0.2) is 18.2 Å². The Balaban J connectivity index is 2.05. The van der Waals surface area contributed by atoms with Crippen molar-refractivity contribution in [3.05, 3.63) is 29.3 Å². The molecule has 0 saturated carbocycles. The van der Waals surface area contributed by atoms with E-state index in [1.165, 1.54) is 5.56 Å². The van der Waals surface area contributed by atoms with Gasteiger partial charge in [0.1, 0.15) is 0 Å². The summed E-state index contributed by atoms with van der Waals surface area (Å²) in [5.41, 5.74) is 3.03. The summed E-state index contributed by atoms with van der Waals surface area (Å²) in [4.78, 5) is 14.3. The predicted molar refractivity (Wildman–Crippen MR) is 81.3 cm³/mol. The van der Waals surface area contributed by atoms with E-state index in [0.717, 1.165) is 30.6 Å². The average Bonchev–Trinajstić information content (AvgIpc) is 2.45. The van der Waals surface area contributed by atoms with E-state index in [9.17, 15) is 4.79 Å². The van der Waals surface area contributed by atoms with Gasteiger partial charge >= 0.3 is 0 Å². The van der Waals surface area contributed by atoms with Crippen LogP contribution in [-0.4, -0.2) is 43.7 Å². The van der Waals surface area contributed by atoms with Gasteiger partial charge in [-0.3, -0.25) is 4.79 Å². The highest BCUT2D eigenvalue weighted by Gasteiger charge is 2.19. The van der Waals surface area contributed by atoms with Crippen LogP contribution < -0.4 is 5.32 Å². The Bertz CT molecular complexity index is 472. The molecular formula is C16H24N2O2. The number of carbonyl (C=O) groups is 1. The smallest absolute Gasteiger partial charge is 0.255 e. The van der Waals surface area contributed by atoms with E-state index in [0.29, 0.717) is 13.2 Å². The summed E-state index contributed by atoms with van der Waals surface area (Å²) in [6.07, 6.45) is 2.37. The molecule has 0 unspecified atom stereocenters. The number of ether oxygens (including phenoxy) is 1. The molecule has 0 aliphatic carbocycles. The van der Waals surface area contributed by atoms with Crippen LogP contribution in [0.5, 0.6) is 0 Å². The van der Waals surface area contributed by atoms with Gasteiger partial charge in [0.15, 0.2) is 0 Å². The van der Waals surface area contributed by atoms with Gasteiger partial charge in [-0.1, -0.05) is 12.1 Å². The van der Waals surface area contributed by atoms with E-state index < -0.39 is 0 Å². The van der Waals surface area contributed by atoms with Gasteiger partial charge in [-0.25, -0.2) is 0 Å². The van der Waals surface area contributed by atoms with Crippen LogP contribution in [0.4, 0.5) is 5.69 Å². The average molecular weight is 276 g/mol. The first-order valence-electron chi connectivity index (χ1n) is 7.32. The molecule has 4 heteroatoms. The van der Waals surface area contributed by atoms with Crippen molar-refractivity contribution < 1.29 is 9.53 Å². The van der Waals surface area contributed by atoms with Gasteiger partial charge in [0.25, 0.3) is 5.91 Å². The maximum Gasteiger partial charge on any atom is 0.255 e. The normalized spacial score (nSPS) is 13.8. The standard InChI is InChI=1S/C16H24N2O2/c1-12(2)20-11-10-18(3)16(19)14-8-4-6-13-7-5-9-17-15(13)14/h4,6,8,12,17H,5,7,9-11H2,1-3H3. The minimum Gasteiger partial charge on any atom is -0.384 e. The molecule has 1 heterocycles. The Labute approximate surface area is 121 Å². The van der Waals surface area contributed by atoms with E-state index in [4.69, 9.17) is 4.74 Å². The Hall–Kier alpha value is -1.55. The van der Waals surface area contributed by atoms with Crippen LogP contribution in [0.3, 0.4) is 0 Å². The Morgan fingerprint density at radius 2 is 2.25 bits per heavy atom. The van der Waals surface area contributed by atoms with E-state index in [1.54, 1.807) is 4.90 Å². The van der Waals surface area contributed by atoms with Crippen molar-refractivity contribution in [1.29, 1.82) is 0 Å². The number of nitrogens with one attached hydrogen (secondary N) is 1. The minimum atomic E-state index is 0.0589. The van der Waals surface area contributed by atoms with Gasteiger partial charge in [0, 0.05) is 20.1 Å². The van der Waals surface area contributed by atoms with Crippen LogP contribution in [0, 0.1) is 0 Å². The third kappa shape index (κ3) is 3.51. The van der Waals surface area contributed by atoms with Gasteiger partial charge in [-0.15, -0.1) is 0 Å². The molecule has 2 rings (SSSR count). The number of fused-ring (bicyclic) bond motifs is 1. The summed E-state index contributed by atoms with van der Waals surface area (Å²) in [5, 5.41) is 3.36. The number of aryl methyl sites for hydroxylation is 1. The SMILES string of the molecule is CC(C)OCCN(C)C(=O)c1cccc2c1NCCC2. The molecule has 0 aromatic heterocycles. The van der Waals surface area contributed by atoms with Crippen LogP contribution in [-0.2, 0) is 11.2 Å². The third-order valence-electron chi connectivity index (χ3n) is 3.53. The fraction of sp³-hybridized carbons (Fsp3) is 0.562. The number of rotatable bonds is 5. The Kier molecular flexibility index (Phi) is 5.01. The van der Waals surface area contributed by atoms with Crippen LogP contribution in [0.25, 0.3) is 0 Å². The maximum absolute atomic E-state index is 12.5. The molecular weight excluding hydrogens is 252 g/mol. The van der Waals surface area contributed by atoms with Crippen molar-refractivity contribution in [2.24, 2.45) is 0 Å². The lowest BCUT2D eigenvalue weighted by molar-refractivity contribution is 0.0532. The number of hydrogen-bond donors (Lipinski definition) is 1. The highest BCUT2D eigenvalue weighted by atomic mass is 16.5. The number of carbonyl (C=O) groups excluding carboxylic acids is 1. The quantitative estimate of drug-likeness (QED) is 0.898. The highest BCUT2D eigenvalue weighted by molar-refractivity contribution is 6.00. The molecule has 0 saturated heterocycles. The number of likely N-dealkylation sites (N-methyl/N-ethyl adjacent to an activating group) is 1. The maximum atomic E-state index is 12.5. The molecule has 1 aliphatic heterocycles. The monoisotopic (exact) mass is 276 g/mol. The summed E-state index contributed by atoms with van der Waals surface area (Å²) in [6, 6.07) is 5.97. The minimum absolute atomic E-state index is 0.0589.